The number of halogens is 1. The van der Waals surface area contributed by atoms with Gasteiger partial charge in [-0.3, -0.25) is 4.79 Å². The second-order valence-corrected chi connectivity index (χ2v) is 7.74. The highest BCUT2D eigenvalue weighted by Crippen LogP contribution is 2.29. The third kappa shape index (κ3) is 2.65. The van der Waals surface area contributed by atoms with Crippen LogP contribution in [0.25, 0.3) is 21.9 Å². The van der Waals surface area contributed by atoms with Gasteiger partial charge in [0.05, 0.1) is 16.3 Å². The van der Waals surface area contributed by atoms with Gasteiger partial charge in [-0.1, -0.05) is 6.92 Å². The van der Waals surface area contributed by atoms with Crippen molar-refractivity contribution in [2.75, 3.05) is 0 Å². The van der Waals surface area contributed by atoms with Gasteiger partial charge in [-0.05, 0) is 42.3 Å². The molecule has 2 aromatic carbocycles. The number of carbonyl (C=O) groups is 1. The largest absolute Gasteiger partial charge is 0.478 e. The van der Waals surface area contributed by atoms with E-state index in [-0.39, 0.29) is 32.4 Å². The minimum Gasteiger partial charge on any atom is -0.478 e. The maximum absolute atomic E-state index is 12.7. The third-order valence-electron chi connectivity index (χ3n) is 3.71. The number of benzene rings is 2. The molecule has 0 aliphatic rings. The first kappa shape index (κ1) is 16.5. The number of fused-ring (bicyclic) bond motifs is 2. The van der Waals surface area contributed by atoms with Crippen molar-refractivity contribution in [2.24, 2.45) is 0 Å². The van der Waals surface area contributed by atoms with E-state index in [1.165, 1.54) is 30.3 Å². The lowest BCUT2D eigenvalue weighted by atomic mass is 10.1. The van der Waals surface area contributed by atoms with Gasteiger partial charge in [0.2, 0.25) is 5.43 Å². The fourth-order valence-corrected chi connectivity index (χ4v) is 3.51. The van der Waals surface area contributed by atoms with Crippen LogP contribution in [-0.4, -0.2) is 19.5 Å². The standard InChI is InChI=1S/C16H11ClO6S/c1-2-8-5-11-14(18)10-7-9(16(19)20)3-4-12(10)23-15(11)13(6-8)24(17,21)22/h3-7H,2H2,1H3,(H,19,20). The Balaban J connectivity index is 2.54. The molecule has 1 heterocycles. The lowest BCUT2D eigenvalue weighted by molar-refractivity contribution is 0.0697. The summed E-state index contributed by atoms with van der Waals surface area (Å²) in [5.41, 5.74) is -0.0222. The molecule has 3 rings (SSSR count). The van der Waals surface area contributed by atoms with Gasteiger partial charge in [0, 0.05) is 10.7 Å². The molecule has 6 nitrogen and oxygen atoms in total. The van der Waals surface area contributed by atoms with E-state index < -0.39 is 20.4 Å². The Hall–Kier alpha value is -2.38. The van der Waals surface area contributed by atoms with Crippen molar-refractivity contribution in [3.05, 3.63) is 51.7 Å². The summed E-state index contributed by atoms with van der Waals surface area (Å²) in [6.45, 7) is 1.80. The Morgan fingerprint density at radius 2 is 1.92 bits per heavy atom. The second kappa shape index (κ2) is 5.61. The summed E-state index contributed by atoms with van der Waals surface area (Å²) in [6.07, 6.45) is 0.488. The summed E-state index contributed by atoms with van der Waals surface area (Å²) in [6, 6.07) is 6.69. The van der Waals surface area contributed by atoms with Crippen molar-refractivity contribution in [1.29, 1.82) is 0 Å². The van der Waals surface area contributed by atoms with Gasteiger partial charge in [-0.25, -0.2) is 13.2 Å². The molecule has 0 amide bonds. The van der Waals surface area contributed by atoms with Gasteiger partial charge in [0.25, 0.3) is 9.05 Å². The van der Waals surface area contributed by atoms with Crippen LogP contribution in [0.3, 0.4) is 0 Å². The maximum atomic E-state index is 12.7. The summed E-state index contributed by atoms with van der Waals surface area (Å²) in [7, 11) is 1.35. The average molecular weight is 367 g/mol. The highest BCUT2D eigenvalue weighted by molar-refractivity contribution is 8.14. The monoisotopic (exact) mass is 366 g/mol. The van der Waals surface area contributed by atoms with E-state index in [4.69, 9.17) is 20.2 Å². The molecule has 124 valence electrons. The second-order valence-electron chi connectivity index (χ2n) is 5.21. The summed E-state index contributed by atoms with van der Waals surface area (Å²) >= 11 is 0. The number of rotatable bonds is 3. The third-order valence-corrected chi connectivity index (χ3v) is 5.04. The number of carboxylic acids is 1. The summed E-state index contributed by atoms with van der Waals surface area (Å²) in [5, 5.41) is 9.16. The highest BCUT2D eigenvalue weighted by atomic mass is 35.7. The number of hydrogen-bond donors (Lipinski definition) is 1. The van der Waals surface area contributed by atoms with Crippen LogP contribution >= 0.6 is 10.7 Å². The fourth-order valence-electron chi connectivity index (χ4n) is 2.50. The van der Waals surface area contributed by atoms with Gasteiger partial charge >= 0.3 is 5.97 Å². The highest BCUT2D eigenvalue weighted by Gasteiger charge is 2.21. The summed E-state index contributed by atoms with van der Waals surface area (Å²) < 4.78 is 29.2. The van der Waals surface area contributed by atoms with Crippen molar-refractivity contribution in [3.8, 4) is 0 Å². The van der Waals surface area contributed by atoms with E-state index in [2.05, 4.69) is 0 Å². The molecule has 0 atom stereocenters. The number of aromatic carboxylic acids is 1. The molecular formula is C16H11ClO6S. The van der Waals surface area contributed by atoms with E-state index in [0.29, 0.717) is 12.0 Å². The van der Waals surface area contributed by atoms with Crippen molar-refractivity contribution >= 4 is 47.6 Å². The van der Waals surface area contributed by atoms with Crippen molar-refractivity contribution in [2.45, 2.75) is 18.2 Å². The first-order chi connectivity index (χ1) is 11.2. The molecule has 1 N–H and O–H groups in total. The average Bonchev–Trinajstić information content (AvgIpc) is 2.53. The van der Waals surface area contributed by atoms with Crippen molar-refractivity contribution in [3.63, 3.8) is 0 Å². The Bertz CT molecular complexity index is 1160. The Morgan fingerprint density at radius 1 is 1.21 bits per heavy atom. The molecule has 0 unspecified atom stereocenters. The van der Waals surface area contributed by atoms with E-state index >= 15 is 0 Å². The number of carboxylic acid groups (broad SMARTS) is 1. The van der Waals surface area contributed by atoms with Crippen LogP contribution in [0.4, 0.5) is 0 Å². The van der Waals surface area contributed by atoms with Gasteiger partial charge in [-0.2, -0.15) is 0 Å². The van der Waals surface area contributed by atoms with E-state index in [9.17, 15) is 18.0 Å². The normalized spacial score (nSPS) is 11.9. The molecule has 8 heteroatoms. The van der Waals surface area contributed by atoms with Crippen LogP contribution in [0.1, 0.15) is 22.8 Å². The Morgan fingerprint density at radius 3 is 2.50 bits per heavy atom. The molecule has 0 aliphatic carbocycles. The summed E-state index contributed by atoms with van der Waals surface area (Å²) in [4.78, 5) is 23.5. The van der Waals surface area contributed by atoms with Gasteiger partial charge < -0.3 is 9.52 Å². The zero-order chi connectivity index (χ0) is 17.6. The van der Waals surface area contributed by atoms with Gasteiger partial charge in [0.1, 0.15) is 10.5 Å². The summed E-state index contributed by atoms with van der Waals surface area (Å²) in [5.74, 6) is -1.18. The van der Waals surface area contributed by atoms with E-state index in [0.717, 1.165) is 0 Å². The quantitative estimate of drug-likeness (QED) is 0.564. The van der Waals surface area contributed by atoms with E-state index in [1.807, 2.05) is 0 Å². The van der Waals surface area contributed by atoms with Crippen molar-refractivity contribution in [1.82, 2.24) is 0 Å². The van der Waals surface area contributed by atoms with E-state index in [1.54, 1.807) is 6.92 Å². The fraction of sp³-hybridized carbons (Fsp3) is 0.125. The SMILES string of the molecule is CCc1cc(S(=O)(=O)Cl)c2oc3ccc(C(=O)O)cc3c(=O)c2c1. The predicted molar refractivity (Wildman–Crippen MR) is 89.4 cm³/mol. The maximum Gasteiger partial charge on any atom is 0.335 e. The molecule has 0 bridgehead atoms. The number of aryl methyl sites for hydroxylation is 1. The minimum absolute atomic E-state index is 0.0450. The molecular weight excluding hydrogens is 356 g/mol. The van der Waals surface area contributed by atoms with Crippen LogP contribution < -0.4 is 5.43 Å². The van der Waals surface area contributed by atoms with Crippen LogP contribution in [0, 0.1) is 0 Å². The molecule has 0 fully saturated rings. The van der Waals surface area contributed by atoms with Crippen LogP contribution in [0.5, 0.6) is 0 Å². The molecule has 0 aliphatic heterocycles. The van der Waals surface area contributed by atoms with Crippen molar-refractivity contribution < 1.29 is 22.7 Å². The first-order valence-electron chi connectivity index (χ1n) is 6.94. The van der Waals surface area contributed by atoms with Crippen LogP contribution in [-0.2, 0) is 15.5 Å². The molecule has 24 heavy (non-hydrogen) atoms. The molecule has 0 spiro atoms. The van der Waals surface area contributed by atoms with Gasteiger partial charge in [-0.15, -0.1) is 0 Å². The Labute approximate surface area is 140 Å². The zero-order valence-electron chi connectivity index (χ0n) is 12.4. The number of hydrogen-bond acceptors (Lipinski definition) is 5. The molecule has 0 radical (unpaired) electrons. The molecule has 0 saturated carbocycles. The predicted octanol–water partition coefficient (Wildman–Crippen LogP) is 3.13. The first-order valence-corrected chi connectivity index (χ1v) is 9.24. The topological polar surface area (TPSA) is 102 Å². The lowest BCUT2D eigenvalue weighted by Crippen LogP contribution is -2.07. The van der Waals surface area contributed by atoms with Gasteiger partial charge in [0.15, 0.2) is 5.58 Å². The smallest absolute Gasteiger partial charge is 0.335 e. The lowest BCUT2D eigenvalue weighted by Gasteiger charge is -2.08. The van der Waals surface area contributed by atoms with Crippen LogP contribution in [0.2, 0.25) is 0 Å². The zero-order valence-corrected chi connectivity index (χ0v) is 13.9. The molecule has 3 aromatic rings. The minimum atomic E-state index is -4.12. The molecule has 0 saturated heterocycles. The molecule has 1 aromatic heterocycles. The Kier molecular flexibility index (Phi) is 3.85. The van der Waals surface area contributed by atoms with Crippen LogP contribution in [0.15, 0.2) is 44.4 Å².